The van der Waals surface area contributed by atoms with Gasteiger partial charge in [0.25, 0.3) is 5.91 Å². The molecule has 0 aliphatic carbocycles. The average molecular weight is 326 g/mol. The topological polar surface area (TPSA) is 78.9 Å². The molecular formula is C13H16BrN3O2. The lowest BCUT2D eigenvalue weighted by atomic mass is 9.96. The highest BCUT2D eigenvalue weighted by molar-refractivity contribution is 9.10. The van der Waals surface area contributed by atoms with Crippen molar-refractivity contribution in [2.45, 2.75) is 12.8 Å². The van der Waals surface area contributed by atoms with Crippen LogP contribution in [0.25, 0.3) is 0 Å². The molecule has 6 heteroatoms. The molecule has 2 rings (SSSR count). The van der Waals surface area contributed by atoms with Crippen molar-refractivity contribution in [3.05, 3.63) is 34.3 Å². The molecule has 1 aromatic carbocycles. The standard InChI is InChI=1S/C13H16BrN3O2/c14-11-6-2-1-5-10(11)13(18)17-7-3-4-9(8-17)12(15)16-19/h1-2,5-6,9,19H,3-4,7-8H2,(H2,15,16). The number of rotatable bonds is 2. The number of amidine groups is 1. The first-order valence-corrected chi connectivity index (χ1v) is 6.94. The van der Waals surface area contributed by atoms with E-state index in [-0.39, 0.29) is 17.7 Å². The molecule has 0 radical (unpaired) electrons. The van der Waals surface area contributed by atoms with Gasteiger partial charge in [-0.05, 0) is 40.9 Å². The molecule has 1 aliphatic rings. The van der Waals surface area contributed by atoms with Crippen molar-refractivity contribution in [1.29, 1.82) is 0 Å². The molecule has 1 saturated heterocycles. The van der Waals surface area contributed by atoms with Crippen molar-refractivity contribution in [3.8, 4) is 0 Å². The lowest BCUT2D eigenvalue weighted by Crippen LogP contribution is -2.44. The lowest BCUT2D eigenvalue weighted by Gasteiger charge is -2.32. The number of carbonyl (C=O) groups is 1. The Hall–Kier alpha value is -1.56. The van der Waals surface area contributed by atoms with Gasteiger partial charge in [0.2, 0.25) is 0 Å². The number of hydrogen-bond donors (Lipinski definition) is 2. The Bertz CT molecular complexity index is 504. The summed E-state index contributed by atoms with van der Waals surface area (Å²) in [6, 6.07) is 7.34. The quantitative estimate of drug-likeness (QED) is 0.378. The Balaban J connectivity index is 2.14. The molecule has 0 spiro atoms. The van der Waals surface area contributed by atoms with Gasteiger partial charge in [0.1, 0.15) is 5.84 Å². The summed E-state index contributed by atoms with van der Waals surface area (Å²) in [7, 11) is 0. The van der Waals surface area contributed by atoms with E-state index in [2.05, 4.69) is 21.1 Å². The van der Waals surface area contributed by atoms with E-state index in [1.807, 2.05) is 18.2 Å². The van der Waals surface area contributed by atoms with Gasteiger partial charge < -0.3 is 15.8 Å². The summed E-state index contributed by atoms with van der Waals surface area (Å²) >= 11 is 3.39. The first kappa shape index (κ1) is 13.9. The smallest absolute Gasteiger partial charge is 0.255 e. The SMILES string of the molecule is NC(=NO)C1CCCN(C(=O)c2ccccc2Br)C1. The van der Waals surface area contributed by atoms with E-state index in [1.165, 1.54) is 0 Å². The van der Waals surface area contributed by atoms with Crippen LogP contribution in [-0.4, -0.2) is 34.9 Å². The van der Waals surface area contributed by atoms with Gasteiger partial charge in [-0.3, -0.25) is 4.79 Å². The molecule has 5 nitrogen and oxygen atoms in total. The molecule has 1 heterocycles. The second kappa shape index (κ2) is 6.06. The van der Waals surface area contributed by atoms with Crippen molar-refractivity contribution in [2.75, 3.05) is 13.1 Å². The number of amides is 1. The molecule has 0 aromatic heterocycles. The molecular weight excluding hydrogens is 310 g/mol. The number of nitrogens with two attached hydrogens (primary N) is 1. The van der Waals surface area contributed by atoms with E-state index in [1.54, 1.807) is 11.0 Å². The van der Waals surface area contributed by atoms with Crippen molar-refractivity contribution in [3.63, 3.8) is 0 Å². The summed E-state index contributed by atoms with van der Waals surface area (Å²) in [4.78, 5) is 14.2. The van der Waals surface area contributed by atoms with Crippen molar-refractivity contribution >= 4 is 27.7 Å². The van der Waals surface area contributed by atoms with Gasteiger partial charge in [-0.2, -0.15) is 0 Å². The zero-order chi connectivity index (χ0) is 13.8. The number of nitrogens with zero attached hydrogens (tertiary/aromatic N) is 2. The maximum atomic E-state index is 12.4. The van der Waals surface area contributed by atoms with Crippen molar-refractivity contribution in [2.24, 2.45) is 16.8 Å². The van der Waals surface area contributed by atoms with Gasteiger partial charge in [0.15, 0.2) is 0 Å². The predicted octanol–water partition coefficient (Wildman–Crippen LogP) is 2.05. The molecule has 0 saturated carbocycles. The van der Waals surface area contributed by atoms with Crippen LogP contribution < -0.4 is 5.73 Å². The highest BCUT2D eigenvalue weighted by atomic mass is 79.9. The molecule has 1 amide bonds. The van der Waals surface area contributed by atoms with Crippen LogP contribution in [0.4, 0.5) is 0 Å². The summed E-state index contributed by atoms with van der Waals surface area (Å²) < 4.78 is 0.783. The fourth-order valence-corrected chi connectivity index (χ4v) is 2.74. The first-order valence-electron chi connectivity index (χ1n) is 6.14. The number of carbonyl (C=O) groups excluding carboxylic acids is 1. The third-order valence-electron chi connectivity index (χ3n) is 3.35. The van der Waals surface area contributed by atoms with Crippen molar-refractivity contribution in [1.82, 2.24) is 4.90 Å². The number of likely N-dealkylation sites (tertiary alicyclic amines) is 1. The molecule has 0 bridgehead atoms. The van der Waals surface area contributed by atoms with Crippen LogP contribution in [0, 0.1) is 5.92 Å². The van der Waals surface area contributed by atoms with Gasteiger partial charge in [-0.15, -0.1) is 0 Å². The van der Waals surface area contributed by atoms with Crippen LogP contribution in [0.5, 0.6) is 0 Å². The van der Waals surface area contributed by atoms with E-state index in [9.17, 15) is 4.79 Å². The van der Waals surface area contributed by atoms with E-state index in [4.69, 9.17) is 10.9 Å². The minimum absolute atomic E-state index is 0.0251. The van der Waals surface area contributed by atoms with Gasteiger partial charge in [-0.1, -0.05) is 17.3 Å². The molecule has 1 atom stereocenters. The molecule has 3 N–H and O–H groups in total. The van der Waals surface area contributed by atoms with Crippen LogP contribution in [0.2, 0.25) is 0 Å². The first-order chi connectivity index (χ1) is 9.13. The fraction of sp³-hybridized carbons (Fsp3) is 0.385. The molecule has 1 fully saturated rings. The lowest BCUT2D eigenvalue weighted by molar-refractivity contribution is 0.0700. The Morgan fingerprint density at radius 2 is 2.21 bits per heavy atom. The maximum absolute atomic E-state index is 12.4. The van der Waals surface area contributed by atoms with Crippen LogP contribution in [-0.2, 0) is 0 Å². The number of hydrogen-bond acceptors (Lipinski definition) is 3. The van der Waals surface area contributed by atoms with Gasteiger partial charge >= 0.3 is 0 Å². The normalized spacial score (nSPS) is 20.4. The van der Waals surface area contributed by atoms with E-state index in [0.29, 0.717) is 18.7 Å². The fourth-order valence-electron chi connectivity index (χ4n) is 2.29. The summed E-state index contributed by atoms with van der Waals surface area (Å²) in [6.45, 7) is 1.20. The molecule has 19 heavy (non-hydrogen) atoms. The highest BCUT2D eigenvalue weighted by Crippen LogP contribution is 2.22. The van der Waals surface area contributed by atoms with Crippen LogP contribution in [0.15, 0.2) is 33.9 Å². The monoisotopic (exact) mass is 325 g/mol. The largest absolute Gasteiger partial charge is 0.409 e. The third kappa shape index (κ3) is 3.07. The second-order valence-corrected chi connectivity index (χ2v) is 5.45. The summed E-state index contributed by atoms with van der Waals surface area (Å²) in [5.41, 5.74) is 6.27. The van der Waals surface area contributed by atoms with Crippen LogP contribution in [0.1, 0.15) is 23.2 Å². The summed E-state index contributed by atoms with van der Waals surface area (Å²) in [6.07, 6.45) is 1.70. The Morgan fingerprint density at radius 1 is 1.47 bits per heavy atom. The van der Waals surface area contributed by atoms with E-state index >= 15 is 0 Å². The maximum Gasteiger partial charge on any atom is 0.255 e. The molecule has 1 unspecified atom stereocenters. The summed E-state index contributed by atoms with van der Waals surface area (Å²) in [5.74, 6) is 0.109. The highest BCUT2D eigenvalue weighted by Gasteiger charge is 2.27. The minimum Gasteiger partial charge on any atom is -0.409 e. The molecule has 1 aliphatic heterocycles. The zero-order valence-electron chi connectivity index (χ0n) is 10.4. The Morgan fingerprint density at radius 3 is 2.89 bits per heavy atom. The van der Waals surface area contributed by atoms with Gasteiger partial charge in [0, 0.05) is 23.5 Å². The Labute approximate surface area is 120 Å². The number of oxime groups is 1. The number of halogens is 1. The second-order valence-electron chi connectivity index (χ2n) is 4.60. The van der Waals surface area contributed by atoms with Crippen LogP contribution in [0.3, 0.4) is 0 Å². The average Bonchev–Trinajstić information content (AvgIpc) is 2.46. The Kier molecular flexibility index (Phi) is 4.42. The van der Waals surface area contributed by atoms with E-state index < -0.39 is 0 Å². The molecule has 102 valence electrons. The van der Waals surface area contributed by atoms with Crippen molar-refractivity contribution < 1.29 is 10.0 Å². The predicted molar refractivity (Wildman–Crippen MR) is 76.2 cm³/mol. The minimum atomic E-state index is -0.0646. The number of piperidine rings is 1. The van der Waals surface area contributed by atoms with Crippen LogP contribution >= 0.6 is 15.9 Å². The van der Waals surface area contributed by atoms with Gasteiger partial charge in [0.05, 0.1) is 5.56 Å². The third-order valence-corrected chi connectivity index (χ3v) is 4.04. The van der Waals surface area contributed by atoms with E-state index in [0.717, 1.165) is 17.3 Å². The summed E-state index contributed by atoms with van der Waals surface area (Å²) in [5, 5.41) is 11.8. The number of benzene rings is 1. The zero-order valence-corrected chi connectivity index (χ0v) is 12.0. The molecule has 1 aromatic rings. The van der Waals surface area contributed by atoms with Gasteiger partial charge in [-0.25, -0.2) is 0 Å².